The van der Waals surface area contributed by atoms with Crippen molar-refractivity contribution in [1.29, 1.82) is 0 Å². The molecule has 0 fully saturated rings. The fourth-order valence-electron chi connectivity index (χ4n) is 1.71. The van der Waals surface area contributed by atoms with E-state index < -0.39 is 5.82 Å². The number of halogens is 2. The van der Waals surface area contributed by atoms with E-state index in [0.29, 0.717) is 10.2 Å². The first-order valence-corrected chi connectivity index (χ1v) is 6.66. The molecule has 0 saturated heterocycles. The zero-order valence-electron chi connectivity index (χ0n) is 11.0. The molecule has 0 spiro atoms. The summed E-state index contributed by atoms with van der Waals surface area (Å²) in [6, 6.07) is 6.03. The number of hydrogen-bond donors (Lipinski definition) is 1. The molecule has 0 bridgehead atoms. The number of carbonyl (C=O) groups is 1. The maximum Gasteiger partial charge on any atom is 0.255 e. The topological polar surface area (TPSA) is 45.2 Å². The number of rotatable bonds is 3. The van der Waals surface area contributed by atoms with Gasteiger partial charge in [0.25, 0.3) is 5.91 Å². The molecule has 0 aliphatic rings. The maximum atomic E-state index is 13.4. The Kier molecular flexibility index (Phi) is 4.34. The van der Waals surface area contributed by atoms with Gasteiger partial charge in [0.15, 0.2) is 0 Å². The molecule has 0 unspecified atom stereocenters. The second-order valence-electron chi connectivity index (χ2n) is 4.37. The Morgan fingerprint density at radius 2 is 2.10 bits per heavy atom. The van der Waals surface area contributed by atoms with Crippen molar-refractivity contribution in [2.75, 3.05) is 24.3 Å². The summed E-state index contributed by atoms with van der Waals surface area (Å²) < 4.78 is 13.8. The van der Waals surface area contributed by atoms with Crippen LogP contribution in [0.1, 0.15) is 10.4 Å². The number of nitrogens with one attached hydrogen (secondary N) is 1. The summed E-state index contributed by atoms with van der Waals surface area (Å²) >= 11 is 3.05. The van der Waals surface area contributed by atoms with Crippen molar-refractivity contribution in [3.8, 4) is 0 Å². The maximum absolute atomic E-state index is 13.4. The van der Waals surface area contributed by atoms with Crippen molar-refractivity contribution in [3.05, 3.63) is 52.5 Å². The number of nitrogens with zero attached hydrogens (tertiary/aromatic N) is 2. The second-order valence-corrected chi connectivity index (χ2v) is 5.22. The molecule has 1 amide bonds. The predicted molar refractivity (Wildman–Crippen MR) is 80.6 cm³/mol. The Hall–Kier alpha value is -1.95. The lowest BCUT2D eigenvalue weighted by atomic mass is 10.2. The van der Waals surface area contributed by atoms with Crippen LogP contribution in [0.5, 0.6) is 0 Å². The Morgan fingerprint density at radius 1 is 1.35 bits per heavy atom. The van der Waals surface area contributed by atoms with Gasteiger partial charge in [-0.25, -0.2) is 4.39 Å². The molecule has 2 rings (SSSR count). The normalized spacial score (nSPS) is 10.2. The van der Waals surface area contributed by atoms with Gasteiger partial charge in [-0.15, -0.1) is 0 Å². The average Bonchev–Trinajstić information content (AvgIpc) is 2.42. The molecule has 1 aromatic carbocycles. The molecule has 0 aliphatic heterocycles. The lowest BCUT2D eigenvalue weighted by molar-refractivity contribution is 0.102. The molecule has 104 valence electrons. The van der Waals surface area contributed by atoms with Gasteiger partial charge < -0.3 is 10.2 Å². The molecule has 1 heterocycles. The van der Waals surface area contributed by atoms with Gasteiger partial charge >= 0.3 is 0 Å². The van der Waals surface area contributed by atoms with Gasteiger partial charge in [-0.2, -0.15) is 0 Å². The molecule has 2 aromatic rings. The first kappa shape index (κ1) is 14.5. The van der Waals surface area contributed by atoms with Crippen LogP contribution in [-0.4, -0.2) is 25.0 Å². The lowest BCUT2D eigenvalue weighted by Crippen LogP contribution is -2.17. The van der Waals surface area contributed by atoms with Crippen molar-refractivity contribution in [1.82, 2.24) is 4.98 Å². The van der Waals surface area contributed by atoms with E-state index in [1.807, 2.05) is 19.0 Å². The number of hydrogen-bond acceptors (Lipinski definition) is 3. The predicted octanol–water partition coefficient (Wildman–Crippen LogP) is 3.30. The first-order valence-electron chi connectivity index (χ1n) is 5.87. The standard InChI is InChI=1S/C14H13BrFN3O/c1-19(2)13-5-6-17-8-12(13)18-14(20)9-3-4-10(15)11(16)7-9/h3-8H,1-2H3,(H,18,20). The number of aromatic nitrogens is 1. The van der Waals surface area contributed by atoms with E-state index >= 15 is 0 Å². The molecular formula is C14H13BrFN3O. The van der Waals surface area contributed by atoms with Crippen LogP contribution in [0, 0.1) is 5.82 Å². The monoisotopic (exact) mass is 337 g/mol. The zero-order valence-corrected chi connectivity index (χ0v) is 12.6. The van der Waals surface area contributed by atoms with Gasteiger partial charge in [-0.3, -0.25) is 9.78 Å². The third kappa shape index (κ3) is 3.14. The molecule has 20 heavy (non-hydrogen) atoms. The van der Waals surface area contributed by atoms with Crippen LogP contribution in [0.2, 0.25) is 0 Å². The fourth-order valence-corrected chi connectivity index (χ4v) is 1.95. The van der Waals surface area contributed by atoms with E-state index in [0.717, 1.165) is 5.69 Å². The van der Waals surface area contributed by atoms with Crippen molar-refractivity contribution in [2.45, 2.75) is 0 Å². The summed E-state index contributed by atoms with van der Waals surface area (Å²) in [6.07, 6.45) is 3.20. The van der Waals surface area contributed by atoms with Gasteiger partial charge in [0.2, 0.25) is 0 Å². The highest BCUT2D eigenvalue weighted by Crippen LogP contribution is 2.23. The van der Waals surface area contributed by atoms with Crippen LogP contribution in [0.4, 0.5) is 15.8 Å². The Labute approximate surface area is 124 Å². The Morgan fingerprint density at radius 3 is 2.75 bits per heavy atom. The SMILES string of the molecule is CN(C)c1ccncc1NC(=O)c1ccc(Br)c(F)c1. The minimum Gasteiger partial charge on any atom is -0.376 e. The van der Waals surface area contributed by atoms with Crippen LogP contribution in [0.3, 0.4) is 0 Å². The van der Waals surface area contributed by atoms with Crippen molar-refractivity contribution < 1.29 is 9.18 Å². The van der Waals surface area contributed by atoms with Crippen molar-refractivity contribution in [3.63, 3.8) is 0 Å². The van der Waals surface area contributed by atoms with Gasteiger partial charge in [-0.05, 0) is 40.2 Å². The zero-order chi connectivity index (χ0) is 14.7. The third-order valence-corrected chi connectivity index (χ3v) is 3.35. The minimum atomic E-state index is -0.475. The van der Waals surface area contributed by atoms with Crippen LogP contribution in [0.25, 0.3) is 0 Å². The molecule has 0 saturated carbocycles. The second kappa shape index (κ2) is 6.00. The van der Waals surface area contributed by atoms with E-state index in [-0.39, 0.29) is 11.5 Å². The average molecular weight is 338 g/mol. The largest absolute Gasteiger partial charge is 0.376 e. The smallest absolute Gasteiger partial charge is 0.255 e. The van der Waals surface area contributed by atoms with E-state index in [1.54, 1.807) is 24.5 Å². The first-order chi connectivity index (χ1) is 9.49. The summed E-state index contributed by atoms with van der Waals surface area (Å²) in [7, 11) is 3.73. The quantitative estimate of drug-likeness (QED) is 0.934. The van der Waals surface area contributed by atoms with Gasteiger partial charge in [0.05, 0.1) is 22.0 Å². The lowest BCUT2D eigenvalue weighted by Gasteiger charge is -2.17. The summed E-state index contributed by atoms with van der Waals surface area (Å²) in [5.41, 5.74) is 1.65. The van der Waals surface area contributed by atoms with E-state index in [4.69, 9.17) is 0 Å². The summed E-state index contributed by atoms with van der Waals surface area (Å²) in [5, 5.41) is 2.73. The Bertz CT molecular complexity index is 646. The van der Waals surface area contributed by atoms with Crippen LogP contribution in [-0.2, 0) is 0 Å². The molecule has 4 nitrogen and oxygen atoms in total. The highest BCUT2D eigenvalue weighted by Gasteiger charge is 2.12. The molecule has 1 aromatic heterocycles. The third-order valence-electron chi connectivity index (χ3n) is 2.71. The van der Waals surface area contributed by atoms with Gasteiger partial charge in [-0.1, -0.05) is 0 Å². The number of anilines is 2. The van der Waals surface area contributed by atoms with E-state index in [1.165, 1.54) is 12.1 Å². The van der Waals surface area contributed by atoms with Crippen molar-refractivity contribution in [2.24, 2.45) is 0 Å². The van der Waals surface area contributed by atoms with Gasteiger partial charge in [0, 0.05) is 25.9 Å². The fraction of sp³-hybridized carbons (Fsp3) is 0.143. The molecule has 0 aliphatic carbocycles. The number of carbonyl (C=O) groups excluding carboxylic acids is 1. The summed E-state index contributed by atoms with van der Waals surface area (Å²) in [4.78, 5) is 18.0. The minimum absolute atomic E-state index is 0.249. The van der Waals surface area contributed by atoms with E-state index in [9.17, 15) is 9.18 Å². The Balaban J connectivity index is 2.26. The van der Waals surface area contributed by atoms with E-state index in [2.05, 4.69) is 26.2 Å². The van der Waals surface area contributed by atoms with Crippen LogP contribution in [0.15, 0.2) is 41.1 Å². The molecule has 0 atom stereocenters. The van der Waals surface area contributed by atoms with Crippen LogP contribution >= 0.6 is 15.9 Å². The molecule has 1 N–H and O–H groups in total. The molecule has 6 heteroatoms. The van der Waals surface area contributed by atoms with Crippen LogP contribution < -0.4 is 10.2 Å². The summed E-state index contributed by atoms with van der Waals surface area (Å²) in [6.45, 7) is 0. The highest BCUT2D eigenvalue weighted by molar-refractivity contribution is 9.10. The number of benzene rings is 1. The molecule has 0 radical (unpaired) electrons. The van der Waals surface area contributed by atoms with Gasteiger partial charge in [0.1, 0.15) is 5.82 Å². The number of amides is 1. The molecular weight excluding hydrogens is 325 g/mol. The van der Waals surface area contributed by atoms with Crippen molar-refractivity contribution >= 4 is 33.2 Å². The number of pyridine rings is 1. The summed E-state index contributed by atoms with van der Waals surface area (Å²) in [5.74, 6) is -0.857. The highest BCUT2D eigenvalue weighted by atomic mass is 79.9.